The number of ketones is 2. The molecule has 2 N–H and O–H groups in total. The summed E-state index contributed by atoms with van der Waals surface area (Å²) in [5.41, 5.74) is 2.55. The van der Waals surface area contributed by atoms with E-state index in [1.807, 2.05) is 20.8 Å². The molecular weight excluding hydrogens is 384 g/mol. The molecule has 0 spiro atoms. The standard InChI is InChI=1S/C18H24N4O3S2/c1-9-14(11(3)23)10(2)20-15(9)16(24)12(4)26-18-22-21-17(27-18)19-8-13-6-5-7-25-13/h12-13,20H,5-8H2,1-4H3,(H,19,21)/t12-,13-/m0/s1. The van der Waals surface area contributed by atoms with E-state index < -0.39 is 0 Å². The van der Waals surface area contributed by atoms with E-state index in [2.05, 4.69) is 20.5 Å². The molecule has 0 saturated carbocycles. The Labute approximate surface area is 166 Å². The Hall–Kier alpha value is -1.71. The van der Waals surface area contributed by atoms with Crippen LogP contribution in [-0.4, -0.2) is 51.3 Å². The van der Waals surface area contributed by atoms with Crippen LogP contribution in [0.1, 0.15) is 58.8 Å². The predicted molar refractivity (Wildman–Crippen MR) is 107 cm³/mol. The van der Waals surface area contributed by atoms with Crippen molar-refractivity contribution in [3.05, 3.63) is 22.5 Å². The van der Waals surface area contributed by atoms with Gasteiger partial charge in [-0.1, -0.05) is 23.1 Å². The number of aryl methyl sites for hydroxylation is 1. The Bertz CT molecular complexity index is 840. The molecule has 9 heteroatoms. The Balaban J connectivity index is 1.61. The Kier molecular flexibility index (Phi) is 6.33. The van der Waals surface area contributed by atoms with Gasteiger partial charge >= 0.3 is 0 Å². The number of hydrogen-bond donors (Lipinski definition) is 2. The van der Waals surface area contributed by atoms with Gasteiger partial charge in [0.15, 0.2) is 15.9 Å². The minimum absolute atomic E-state index is 0.0355. The van der Waals surface area contributed by atoms with Crippen LogP contribution in [0.15, 0.2) is 4.34 Å². The normalized spacial score (nSPS) is 17.9. The molecule has 0 radical (unpaired) electrons. The fraction of sp³-hybridized carbons (Fsp3) is 0.556. The first kappa shape index (κ1) is 20.0. The van der Waals surface area contributed by atoms with Gasteiger partial charge in [-0.3, -0.25) is 9.59 Å². The van der Waals surface area contributed by atoms with Crippen LogP contribution in [0.3, 0.4) is 0 Å². The van der Waals surface area contributed by atoms with Gasteiger partial charge in [-0.15, -0.1) is 10.2 Å². The molecule has 0 amide bonds. The molecule has 7 nitrogen and oxygen atoms in total. The van der Waals surface area contributed by atoms with E-state index in [0.29, 0.717) is 16.8 Å². The van der Waals surface area contributed by atoms with Crippen molar-refractivity contribution in [2.75, 3.05) is 18.5 Å². The van der Waals surface area contributed by atoms with Gasteiger partial charge in [0.1, 0.15) is 0 Å². The first-order chi connectivity index (χ1) is 12.9. The summed E-state index contributed by atoms with van der Waals surface area (Å²) >= 11 is 2.81. The maximum Gasteiger partial charge on any atom is 0.206 e. The number of anilines is 1. The van der Waals surface area contributed by atoms with Gasteiger partial charge in [-0.25, -0.2) is 0 Å². The van der Waals surface area contributed by atoms with Crippen LogP contribution < -0.4 is 5.32 Å². The maximum absolute atomic E-state index is 12.8. The largest absolute Gasteiger partial charge is 0.376 e. The zero-order valence-electron chi connectivity index (χ0n) is 15.9. The summed E-state index contributed by atoms with van der Waals surface area (Å²) in [4.78, 5) is 27.7. The third-order valence-electron chi connectivity index (χ3n) is 4.59. The van der Waals surface area contributed by atoms with Crippen molar-refractivity contribution >= 4 is 39.8 Å². The monoisotopic (exact) mass is 408 g/mol. The Morgan fingerprint density at radius 3 is 2.81 bits per heavy atom. The van der Waals surface area contributed by atoms with E-state index >= 15 is 0 Å². The molecule has 0 bridgehead atoms. The van der Waals surface area contributed by atoms with Crippen molar-refractivity contribution in [3.8, 4) is 0 Å². The first-order valence-corrected chi connectivity index (χ1v) is 10.7. The van der Waals surface area contributed by atoms with E-state index in [1.54, 1.807) is 0 Å². The van der Waals surface area contributed by atoms with Gasteiger partial charge < -0.3 is 15.0 Å². The molecule has 27 heavy (non-hydrogen) atoms. The van der Waals surface area contributed by atoms with Gasteiger partial charge in [-0.05, 0) is 46.1 Å². The van der Waals surface area contributed by atoms with Crippen molar-refractivity contribution in [3.63, 3.8) is 0 Å². The highest BCUT2D eigenvalue weighted by atomic mass is 32.2. The minimum Gasteiger partial charge on any atom is -0.376 e. The molecule has 3 rings (SSSR count). The molecule has 2 aromatic heterocycles. The number of thioether (sulfide) groups is 1. The number of carbonyl (C=O) groups is 2. The average Bonchev–Trinajstić information content (AvgIpc) is 3.33. The highest BCUT2D eigenvalue weighted by Crippen LogP contribution is 2.31. The summed E-state index contributed by atoms with van der Waals surface area (Å²) in [5.74, 6) is -0.0798. The van der Waals surface area contributed by atoms with Crippen molar-refractivity contribution in [1.29, 1.82) is 0 Å². The molecule has 1 aliphatic rings. The van der Waals surface area contributed by atoms with Crippen LogP contribution in [-0.2, 0) is 4.74 Å². The molecule has 0 aromatic carbocycles. The lowest BCUT2D eigenvalue weighted by Crippen LogP contribution is -2.18. The van der Waals surface area contributed by atoms with Gasteiger partial charge in [0.2, 0.25) is 5.13 Å². The van der Waals surface area contributed by atoms with Crippen LogP contribution in [0.5, 0.6) is 0 Å². The second-order valence-electron chi connectivity index (χ2n) is 6.69. The SMILES string of the molecule is CC(=O)c1c(C)[nH]c(C(=O)[C@H](C)Sc2nnc(NC[C@@H]3CCCO3)s2)c1C. The lowest BCUT2D eigenvalue weighted by molar-refractivity contribution is 0.0988. The molecule has 1 fully saturated rings. The topological polar surface area (TPSA) is 97.0 Å². The second kappa shape index (κ2) is 8.53. The van der Waals surface area contributed by atoms with Crippen LogP contribution in [0.2, 0.25) is 0 Å². The van der Waals surface area contributed by atoms with E-state index in [4.69, 9.17) is 4.74 Å². The summed E-state index contributed by atoms with van der Waals surface area (Å²) in [6.45, 7) is 8.53. The molecule has 2 atom stereocenters. The number of aromatic nitrogens is 3. The summed E-state index contributed by atoms with van der Waals surface area (Å²) in [7, 11) is 0. The fourth-order valence-electron chi connectivity index (χ4n) is 3.27. The summed E-state index contributed by atoms with van der Waals surface area (Å²) in [6.07, 6.45) is 2.41. The van der Waals surface area contributed by atoms with Crippen LogP contribution in [0, 0.1) is 13.8 Å². The number of Topliss-reactive ketones (excluding diaryl/α,β-unsaturated/α-hetero) is 2. The lowest BCUT2D eigenvalue weighted by atomic mass is 10.0. The summed E-state index contributed by atoms with van der Waals surface area (Å²) in [6, 6.07) is 0. The Morgan fingerprint density at radius 1 is 1.41 bits per heavy atom. The Morgan fingerprint density at radius 2 is 2.19 bits per heavy atom. The summed E-state index contributed by atoms with van der Waals surface area (Å²) in [5, 5.41) is 12.0. The van der Waals surface area contributed by atoms with E-state index in [1.165, 1.54) is 30.0 Å². The predicted octanol–water partition coefficient (Wildman–Crippen LogP) is 3.64. The van der Waals surface area contributed by atoms with Crippen molar-refractivity contribution in [1.82, 2.24) is 15.2 Å². The molecule has 3 heterocycles. The lowest BCUT2D eigenvalue weighted by Gasteiger charge is -2.09. The third-order valence-corrected chi connectivity index (χ3v) is 6.66. The molecule has 1 aliphatic heterocycles. The highest BCUT2D eigenvalue weighted by Gasteiger charge is 2.25. The molecule has 0 aliphatic carbocycles. The zero-order chi connectivity index (χ0) is 19.6. The minimum atomic E-state index is -0.333. The number of nitrogens with one attached hydrogen (secondary N) is 2. The van der Waals surface area contributed by atoms with Gasteiger partial charge in [0, 0.05) is 24.4 Å². The molecule has 1 saturated heterocycles. The van der Waals surface area contributed by atoms with Crippen LogP contribution >= 0.6 is 23.1 Å². The van der Waals surface area contributed by atoms with Crippen molar-refractivity contribution < 1.29 is 14.3 Å². The average molecular weight is 409 g/mol. The second-order valence-corrected chi connectivity index (χ2v) is 9.26. The van der Waals surface area contributed by atoms with Crippen LogP contribution in [0.4, 0.5) is 5.13 Å². The first-order valence-electron chi connectivity index (χ1n) is 8.96. The number of hydrogen-bond acceptors (Lipinski definition) is 8. The van der Waals surface area contributed by atoms with Gasteiger partial charge in [0.25, 0.3) is 0 Å². The number of ether oxygens (including phenoxy) is 1. The molecular formula is C18H24N4O3S2. The number of H-pyrrole nitrogens is 1. The number of aromatic amines is 1. The number of nitrogens with zero attached hydrogens (tertiary/aromatic N) is 2. The zero-order valence-corrected chi connectivity index (χ0v) is 17.6. The fourth-order valence-corrected chi connectivity index (χ4v) is 5.23. The van der Waals surface area contributed by atoms with E-state index in [9.17, 15) is 9.59 Å². The number of carbonyl (C=O) groups excluding carboxylic acids is 2. The smallest absolute Gasteiger partial charge is 0.206 e. The van der Waals surface area contributed by atoms with Gasteiger partial charge in [-0.2, -0.15) is 0 Å². The molecule has 0 unspecified atom stereocenters. The van der Waals surface area contributed by atoms with E-state index in [-0.39, 0.29) is 22.9 Å². The molecule has 2 aromatic rings. The maximum atomic E-state index is 12.8. The van der Waals surface area contributed by atoms with E-state index in [0.717, 1.165) is 41.2 Å². The third kappa shape index (κ3) is 4.59. The van der Waals surface area contributed by atoms with Crippen molar-refractivity contribution in [2.45, 2.75) is 56.2 Å². The summed E-state index contributed by atoms with van der Waals surface area (Å²) < 4.78 is 6.32. The number of rotatable bonds is 8. The van der Waals surface area contributed by atoms with Crippen molar-refractivity contribution in [2.24, 2.45) is 0 Å². The van der Waals surface area contributed by atoms with Crippen LogP contribution in [0.25, 0.3) is 0 Å². The highest BCUT2D eigenvalue weighted by molar-refractivity contribution is 8.02. The quantitative estimate of drug-likeness (QED) is 0.508. The van der Waals surface area contributed by atoms with Gasteiger partial charge in [0.05, 0.1) is 17.0 Å². The molecule has 146 valence electrons.